The smallest absolute Gasteiger partial charge is 0.281 e. The topological polar surface area (TPSA) is 32.3 Å². The molecule has 1 aliphatic rings. The summed E-state index contributed by atoms with van der Waals surface area (Å²) in [5.74, 6) is -0.169. The van der Waals surface area contributed by atoms with Crippen LogP contribution >= 0.6 is 35.2 Å². The van der Waals surface area contributed by atoms with E-state index in [2.05, 4.69) is 5.32 Å². The van der Waals surface area contributed by atoms with Gasteiger partial charge >= 0.3 is 0 Å². The van der Waals surface area contributed by atoms with Crippen molar-refractivity contribution in [3.05, 3.63) is 56.4 Å². The average molecular weight is 349 g/mol. The standard InChI is InChI=1S/C16H13ClN2OS2/c1-9-3-4-11(7-12(9)17)19-15(20)13(18-16(19)21)8-14-10(2)5-6-22-14/h3-8H,1-2H3,(H,18,21)/b13-8-. The lowest BCUT2D eigenvalue weighted by atomic mass is 10.2. The molecule has 1 aromatic heterocycles. The van der Waals surface area contributed by atoms with E-state index in [1.807, 2.05) is 43.5 Å². The second-order valence-corrected chi connectivity index (χ2v) is 6.77. The van der Waals surface area contributed by atoms with Crippen LogP contribution in [-0.2, 0) is 4.79 Å². The molecule has 6 heteroatoms. The van der Waals surface area contributed by atoms with E-state index in [4.69, 9.17) is 23.8 Å². The van der Waals surface area contributed by atoms with Gasteiger partial charge in [-0.05, 0) is 66.8 Å². The summed E-state index contributed by atoms with van der Waals surface area (Å²) in [4.78, 5) is 15.1. The highest BCUT2D eigenvalue weighted by Gasteiger charge is 2.32. The summed E-state index contributed by atoms with van der Waals surface area (Å²) < 4.78 is 0. The zero-order valence-electron chi connectivity index (χ0n) is 12.0. The van der Waals surface area contributed by atoms with Gasteiger partial charge in [-0.3, -0.25) is 9.69 Å². The van der Waals surface area contributed by atoms with E-state index < -0.39 is 0 Å². The summed E-state index contributed by atoms with van der Waals surface area (Å²) in [6.45, 7) is 3.93. The first-order valence-electron chi connectivity index (χ1n) is 6.65. The number of amides is 1. The number of hydrogen-bond donors (Lipinski definition) is 1. The Labute approximate surface area is 143 Å². The summed E-state index contributed by atoms with van der Waals surface area (Å²) in [7, 11) is 0. The molecule has 22 heavy (non-hydrogen) atoms. The van der Waals surface area contributed by atoms with Gasteiger partial charge in [0, 0.05) is 9.90 Å². The number of benzene rings is 1. The minimum absolute atomic E-state index is 0.169. The number of thiocarbonyl (C=S) groups is 1. The van der Waals surface area contributed by atoms with Crippen molar-refractivity contribution < 1.29 is 4.79 Å². The maximum absolute atomic E-state index is 12.6. The first kappa shape index (κ1) is 15.2. The molecule has 0 saturated carbocycles. The van der Waals surface area contributed by atoms with E-state index >= 15 is 0 Å². The number of anilines is 1. The van der Waals surface area contributed by atoms with Crippen LogP contribution in [0.2, 0.25) is 5.02 Å². The van der Waals surface area contributed by atoms with Gasteiger partial charge in [-0.15, -0.1) is 11.3 Å². The lowest BCUT2D eigenvalue weighted by molar-refractivity contribution is -0.113. The van der Waals surface area contributed by atoms with Gasteiger partial charge in [-0.2, -0.15) is 0 Å². The largest absolute Gasteiger partial charge is 0.327 e. The first-order valence-corrected chi connectivity index (χ1v) is 8.31. The van der Waals surface area contributed by atoms with Gasteiger partial charge in [-0.1, -0.05) is 17.7 Å². The molecule has 3 nitrogen and oxygen atoms in total. The predicted molar refractivity (Wildman–Crippen MR) is 96.4 cm³/mol. The first-order chi connectivity index (χ1) is 10.5. The van der Waals surface area contributed by atoms with Crippen molar-refractivity contribution in [2.75, 3.05) is 4.90 Å². The van der Waals surface area contributed by atoms with E-state index in [0.717, 1.165) is 16.0 Å². The van der Waals surface area contributed by atoms with E-state index in [9.17, 15) is 4.79 Å². The summed E-state index contributed by atoms with van der Waals surface area (Å²) in [5.41, 5.74) is 3.24. The minimum Gasteiger partial charge on any atom is -0.327 e. The number of halogens is 1. The van der Waals surface area contributed by atoms with E-state index in [1.165, 1.54) is 4.90 Å². The van der Waals surface area contributed by atoms with Crippen LogP contribution in [0.25, 0.3) is 6.08 Å². The van der Waals surface area contributed by atoms with Crippen LogP contribution in [0.3, 0.4) is 0 Å². The van der Waals surface area contributed by atoms with Crippen molar-refractivity contribution in [2.24, 2.45) is 0 Å². The van der Waals surface area contributed by atoms with Crippen molar-refractivity contribution >= 4 is 57.9 Å². The summed E-state index contributed by atoms with van der Waals surface area (Å²) >= 11 is 13.0. The molecule has 112 valence electrons. The fraction of sp³-hybridized carbons (Fsp3) is 0.125. The Morgan fingerprint density at radius 3 is 2.68 bits per heavy atom. The number of nitrogens with zero attached hydrogens (tertiary/aromatic N) is 1. The number of carbonyl (C=O) groups is 1. The van der Waals surface area contributed by atoms with Crippen LogP contribution < -0.4 is 10.2 Å². The van der Waals surface area contributed by atoms with Crippen molar-refractivity contribution in [3.63, 3.8) is 0 Å². The Balaban J connectivity index is 1.96. The van der Waals surface area contributed by atoms with Crippen LogP contribution in [0.15, 0.2) is 35.3 Å². The molecule has 2 heterocycles. The number of hydrogen-bond acceptors (Lipinski definition) is 3. The molecule has 2 aromatic rings. The fourth-order valence-electron chi connectivity index (χ4n) is 2.15. The predicted octanol–water partition coefficient (Wildman–Crippen LogP) is 4.28. The zero-order chi connectivity index (χ0) is 15.9. The Hall–Kier alpha value is -1.69. The monoisotopic (exact) mass is 348 g/mol. The third-order valence-electron chi connectivity index (χ3n) is 3.47. The average Bonchev–Trinajstić information content (AvgIpc) is 2.99. The highest BCUT2D eigenvalue weighted by Crippen LogP contribution is 2.28. The molecule has 0 atom stereocenters. The lowest BCUT2D eigenvalue weighted by Gasteiger charge is -2.14. The minimum atomic E-state index is -0.169. The second kappa shape index (κ2) is 5.83. The molecule has 0 unspecified atom stereocenters. The van der Waals surface area contributed by atoms with Gasteiger partial charge in [0.05, 0.1) is 5.69 Å². The van der Waals surface area contributed by atoms with Crippen molar-refractivity contribution in [1.82, 2.24) is 5.32 Å². The normalized spacial score (nSPS) is 16.5. The second-order valence-electron chi connectivity index (χ2n) is 5.03. The molecule has 0 bridgehead atoms. The van der Waals surface area contributed by atoms with Crippen LogP contribution in [-0.4, -0.2) is 11.0 Å². The third kappa shape index (κ3) is 2.67. The molecule has 1 N–H and O–H groups in total. The molecule has 1 aliphatic heterocycles. The molecule has 1 aromatic carbocycles. The Morgan fingerprint density at radius 2 is 2.05 bits per heavy atom. The molecule has 0 spiro atoms. The van der Waals surface area contributed by atoms with Gasteiger partial charge in [0.2, 0.25) is 0 Å². The van der Waals surface area contributed by atoms with Crippen molar-refractivity contribution in [1.29, 1.82) is 0 Å². The molecule has 1 saturated heterocycles. The van der Waals surface area contributed by atoms with Gasteiger partial charge in [0.25, 0.3) is 5.91 Å². The van der Waals surface area contributed by atoms with Crippen LogP contribution in [0.4, 0.5) is 5.69 Å². The highest BCUT2D eigenvalue weighted by molar-refractivity contribution is 7.80. The Kier molecular flexibility index (Phi) is 4.04. The SMILES string of the molecule is Cc1ccc(N2C(=O)/C(=C/c3sccc3C)NC2=S)cc1Cl. The van der Waals surface area contributed by atoms with E-state index in [-0.39, 0.29) is 5.91 Å². The van der Waals surface area contributed by atoms with Crippen LogP contribution in [0.1, 0.15) is 16.0 Å². The van der Waals surface area contributed by atoms with Gasteiger partial charge in [-0.25, -0.2) is 0 Å². The molecule has 3 rings (SSSR count). The Bertz CT molecular complexity index is 810. The van der Waals surface area contributed by atoms with Gasteiger partial charge in [0.1, 0.15) is 5.70 Å². The maximum Gasteiger partial charge on any atom is 0.281 e. The number of carbonyl (C=O) groups excluding carboxylic acids is 1. The van der Waals surface area contributed by atoms with Crippen molar-refractivity contribution in [3.8, 4) is 0 Å². The fourth-order valence-corrected chi connectivity index (χ4v) is 3.49. The summed E-state index contributed by atoms with van der Waals surface area (Å²) in [5, 5.41) is 5.96. The number of aryl methyl sites for hydroxylation is 2. The van der Waals surface area contributed by atoms with E-state index in [0.29, 0.717) is 21.5 Å². The quantitative estimate of drug-likeness (QED) is 0.649. The van der Waals surface area contributed by atoms with Crippen LogP contribution in [0.5, 0.6) is 0 Å². The van der Waals surface area contributed by atoms with Gasteiger partial charge in [0.15, 0.2) is 5.11 Å². The highest BCUT2D eigenvalue weighted by atomic mass is 35.5. The van der Waals surface area contributed by atoms with E-state index in [1.54, 1.807) is 17.4 Å². The maximum atomic E-state index is 12.6. The number of rotatable bonds is 2. The van der Waals surface area contributed by atoms with Gasteiger partial charge < -0.3 is 5.32 Å². The van der Waals surface area contributed by atoms with Crippen molar-refractivity contribution in [2.45, 2.75) is 13.8 Å². The number of thiophene rings is 1. The lowest BCUT2D eigenvalue weighted by Crippen LogP contribution is -2.30. The molecule has 1 fully saturated rings. The summed E-state index contributed by atoms with van der Waals surface area (Å²) in [6, 6.07) is 7.49. The Morgan fingerprint density at radius 1 is 1.27 bits per heavy atom. The molecular formula is C16H13ClN2OS2. The van der Waals surface area contributed by atoms with Crippen LogP contribution in [0, 0.1) is 13.8 Å². The summed E-state index contributed by atoms with van der Waals surface area (Å²) in [6.07, 6.45) is 1.84. The molecule has 0 aliphatic carbocycles. The third-order valence-corrected chi connectivity index (χ3v) is 5.13. The molecule has 1 amide bonds. The zero-order valence-corrected chi connectivity index (χ0v) is 14.4. The molecule has 0 radical (unpaired) electrons. The number of nitrogens with one attached hydrogen (secondary N) is 1. The molecular weight excluding hydrogens is 336 g/mol.